The van der Waals surface area contributed by atoms with E-state index in [9.17, 15) is 4.39 Å². The fourth-order valence-corrected chi connectivity index (χ4v) is 4.48. The number of imidazole rings is 1. The first kappa shape index (κ1) is 13.3. The summed E-state index contributed by atoms with van der Waals surface area (Å²) in [6.45, 7) is 0. The standard InChI is InChI=1S/C15H13BrFN3S/c16-9-6-13-11(7-10(9)17)19-15(18)20(13)12-2-1-3-14-8(12)4-5-21-14/h4-7,12H,1-3H2,(H2,18,19). The summed E-state index contributed by atoms with van der Waals surface area (Å²) in [5.41, 5.74) is 8.95. The molecule has 108 valence electrons. The Morgan fingerprint density at radius 1 is 1.43 bits per heavy atom. The molecule has 21 heavy (non-hydrogen) atoms. The van der Waals surface area contributed by atoms with E-state index in [1.807, 2.05) is 4.57 Å². The molecule has 2 N–H and O–H groups in total. The van der Waals surface area contributed by atoms with Crippen LogP contribution in [0.1, 0.15) is 29.3 Å². The van der Waals surface area contributed by atoms with E-state index in [0.717, 1.165) is 24.8 Å². The number of nitrogens with zero attached hydrogens (tertiary/aromatic N) is 2. The van der Waals surface area contributed by atoms with Gasteiger partial charge in [-0.25, -0.2) is 9.37 Å². The highest BCUT2D eigenvalue weighted by molar-refractivity contribution is 9.10. The zero-order chi connectivity index (χ0) is 14.6. The number of benzene rings is 1. The van der Waals surface area contributed by atoms with Gasteiger partial charge >= 0.3 is 0 Å². The maximum absolute atomic E-state index is 13.7. The summed E-state index contributed by atoms with van der Waals surface area (Å²) in [5.74, 6) is 0.138. The van der Waals surface area contributed by atoms with E-state index in [4.69, 9.17) is 5.73 Å². The van der Waals surface area contributed by atoms with Crippen LogP contribution in [0.15, 0.2) is 28.1 Å². The third kappa shape index (κ3) is 2.00. The smallest absolute Gasteiger partial charge is 0.201 e. The summed E-state index contributed by atoms with van der Waals surface area (Å²) < 4.78 is 16.2. The molecule has 0 fully saturated rings. The second-order valence-electron chi connectivity index (χ2n) is 5.30. The van der Waals surface area contributed by atoms with Crippen molar-refractivity contribution in [3.63, 3.8) is 0 Å². The normalized spacial score (nSPS) is 18.1. The number of rotatable bonds is 1. The average Bonchev–Trinajstić information content (AvgIpc) is 3.03. The molecule has 0 amide bonds. The number of hydrogen-bond donors (Lipinski definition) is 1. The van der Waals surface area contributed by atoms with Crippen molar-refractivity contribution in [2.45, 2.75) is 25.3 Å². The molecule has 2 aromatic heterocycles. The zero-order valence-electron chi connectivity index (χ0n) is 11.1. The lowest BCUT2D eigenvalue weighted by Crippen LogP contribution is -2.17. The summed E-state index contributed by atoms with van der Waals surface area (Å²) in [5, 5.41) is 2.13. The lowest BCUT2D eigenvalue weighted by atomic mass is 9.93. The summed E-state index contributed by atoms with van der Waals surface area (Å²) in [6.07, 6.45) is 3.31. The Labute approximate surface area is 133 Å². The van der Waals surface area contributed by atoms with E-state index < -0.39 is 0 Å². The summed E-state index contributed by atoms with van der Waals surface area (Å²) in [7, 11) is 0. The molecule has 1 aliphatic rings. The minimum absolute atomic E-state index is 0.197. The first-order valence-corrected chi connectivity index (χ1v) is 8.51. The summed E-state index contributed by atoms with van der Waals surface area (Å²) in [6, 6.07) is 5.58. The number of thiophene rings is 1. The fraction of sp³-hybridized carbons (Fsp3) is 0.267. The molecular formula is C15H13BrFN3S. The lowest BCUT2D eigenvalue weighted by molar-refractivity contribution is 0.510. The van der Waals surface area contributed by atoms with Crippen molar-refractivity contribution < 1.29 is 4.39 Å². The minimum Gasteiger partial charge on any atom is -0.369 e. The molecule has 3 nitrogen and oxygen atoms in total. The molecule has 1 unspecified atom stereocenters. The molecule has 0 saturated heterocycles. The third-order valence-electron chi connectivity index (χ3n) is 4.09. The maximum Gasteiger partial charge on any atom is 0.201 e. The van der Waals surface area contributed by atoms with Crippen molar-refractivity contribution in [3.05, 3.63) is 44.3 Å². The molecule has 6 heteroatoms. The topological polar surface area (TPSA) is 43.8 Å². The van der Waals surface area contributed by atoms with E-state index in [1.54, 1.807) is 17.4 Å². The molecule has 0 bridgehead atoms. The van der Waals surface area contributed by atoms with Crippen molar-refractivity contribution in [2.75, 3.05) is 5.73 Å². The average molecular weight is 366 g/mol. The number of anilines is 1. The number of nitrogen functional groups attached to an aromatic ring is 1. The van der Waals surface area contributed by atoms with Gasteiger partial charge in [-0.1, -0.05) is 0 Å². The Morgan fingerprint density at radius 3 is 3.14 bits per heavy atom. The highest BCUT2D eigenvalue weighted by atomic mass is 79.9. The molecule has 1 aromatic carbocycles. The molecular weight excluding hydrogens is 353 g/mol. The number of halogens is 2. The highest BCUT2D eigenvalue weighted by Crippen LogP contribution is 2.39. The molecule has 2 heterocycles. The van der Waals surface area contributed by atoms with Crippen molar-refractivity contribution in [1.29, 1.82) is 0 Å². The number of fused-ring (bicyclic) bond motifs is 2. The van der Waals surface area contributed by atoms with Crippen LogP contribution in [-0.2, 0) is 6.42 Å². The van der Waals surface area contributed by atoms with Crippen LogP contribution < -0.4 is 5.73 Å². The van der Waals surface area contributed by atoms with E-state index in [1.165, 1.54) is 16.5 Å². The largest absolute Gasteiger partial charge is 0.369 e. The molecule has 0 spiro atoms. The number of aryl methyl sites for hydroxylation is 1. The maximum atomic E-state index is 13.7. The van der Waals surface area contributed by atoms with Gasteiger partial charge in [0.05, 0.1) is 21.5 Å². The van der Waals surface area contributed by atoms with Crippen LogP contribution >= 0.6 is 27.3 Å². The van der Waals surface area contributed by atoms with E-state index in [2.05, 4.69) is 32.4 Å². The summed E-state index contributed by atoms with van der Waals surface area (Å²) in [4.78, 5) is 5.76. The van der Waals surface area contributed by atoms with Gasteiger partial charge in [-0.2, -0.15) is 0 Å². The van der Waals surface area contributed by atoms with Crippen molar-refractivity contribution in [2.24, 2.45) is 0 Å². The van der Waals surface area contributed by atoms with Gasteiger partial charge in [0.1, 0.15) is 5.82 Å². The van der Waals surface area contributed by atoms with Crippen LogP contribution in [0.2, 0.25) is 0 Å². The monoisotopic (exact) mass is 365 g/mol. The van der Waals surface area contributed by atoms with Gasteiger partial charge in [-0.05, 0) is 58.3 Å². The molecule has 0 saturated carbocycles. The van der Waals surface area contributed by atoms with Crippen LogP contribution in [0, 0.1) is 5.82 Å². The predicted molar refractivity (Wildman–Crippen MR) is 87.2 cm³/mol. The van der Waals surface area contributed by atoms with E-state index in [0.29, 0.717) is 15.9 Å². The van der Waals surface area contributed by atoms with Gasteiger partial charge < -0.3 is 10.3 Å². The Balaban J connectivity index is 1.96. The summed E-state index contributed by atoms with van der Waals surface area (Å²) >= 11 is 5.05. The molecule has 3 aromatic rings. The van der Waals surface area contributed by atoms with Gasteiger partial charge in [0.2, 0.25) is 5.95 Å². The number of nitrogens with two attached hydrogens (primary N) is 1. The van der Waals surface area contributed by atoms with Crippen LogP contribution in [0.5, 0.6) is 0 Å². The molecule has 4 rings (SSSR count). The number of aromatic nitrogens is 2. The Morgan fingerprint density at radius 2 is 2.29 bits per heavy atom. The first-order chi connectivity index (χ1) is 10.1. The van der Waals surface area contributed by atoms with Crippen LogP contribution in [-0.4, -0.2) is 9.55 Å². The third-order valence-corrected chi connectivity index (χ3v) is 5.69. The molecule has 0 radical (unpaired) electrons. The van der Waals surface area contributed by atoms with Crippen LogP contribution in [0.25, 0.3) is 11.0 Å². The zero-order valence-corrected chi connectivity index (χ0v) is 13.5. The quantitative estimate of drug-likeness (QED) is 0.689. The van der Waals surface area contributed by atoms with Gasteiger partial charge in [0.25, 0.3) is 0 Å². The SMILES string of the molecule is Nc1nc2cc(F)c(Br)cc2n1C1CCCc2sccc21. The van der Waals surface area contributed by atoms with E-state index in [-0.39, 0.29) is 11.9 Å². The minimum atomic E-state index is -0.313. The van der Waals surface area contributed by atoms with Gasteiger partial charge in [-0.15, -0.1) is 11.3 Å². The first-order valence-electron chi connectivity index (χ1n) is 6.84. The van der Waals surface area contributed by atoms with Crippen molar-refractivity contribution in [3.8, 4) is 0 Å². The second-order valence-corrected chi connectivity index (χ2v) is 7.16. The van der Waals surface area contributed by atoms with Gasteiger partial charge in [0.15, 0.2) is 0 Å². The molecule has 1 atom stereocenters. The second kappa shape index (κ2) is 4.81. The Bertz CT molecular complexity index is 839. The molecule has 0 aliphatic heterocycles. The lowest BCUT2D eigenvalue weighted by Gasteiger charge is -2.25. The van der Waals surface area contributed by atoms with Gasteiger partial charge in [-0.3, -0.25) is 0 Å². The fourth-order valence-electron chi connectivity index (χ4n) is 3.17. The van der Waals surface area contributed by atoms with E-state index >= 15 is 0 Å². The predicted octanol–water partition coefficient (Wildman–Crippen LogP) is 4.51. The van der Waals surface area contributed by atoms with Crippen molar-refractivity contribution in [1.82, 2.24) is 9.55 Å². The highest BCUT2D eigenvalue weighted by Gasteiger charge is 2.26. The van der Waals surface area contributed by atoms with Crippen LogP contribution in [0.3, 0.4) is 0 Å². The Kier molecular flexibility index (Phi) is 3.04. The van der Waals surface area contributed by atoms with Crippen LogP contribution in [0.4, 0.5) is 10.3 Å². The Hall–Kier alpha value is -1.40. The molecule has 1 aliphatic carbocycles. The van der Waals surface area contributed by atoms with Gasteiger partial charge in [0, 0.05) is 10.9 Å². The number of hydrogen-bond acceptors (Lipinski definition) is 3. The van der Waals surface area contributed by atoms with Crippen molar-refractivity contribution >= 4 is 44.2 Å².